The van der Waals surface area contributed by atoms with Crippen LogP contribution >= 0.6 is 0 Å². The number of benzene rings is 2. The van der Waals surface area contributed by atoms with Crippen LogP contribution in [0.4, 0.5) is 10.5 Å². The fraction of sp³-hybridized carbons (Fsp3) is 0.259. The molecule has 0 saturated carbocycles. The van der Waals surface area contributed by atoms with E-state index < -0.39 is 27.6 Å². The van der Waals surface area contributed by atoms with Gasteiger partial charge < -0.3 is 15.4 Å². The number of hydrogen-bond donors (Lipinski definition) is 2. The lowest BCUT2D eigenvalue weighted by Crippen LogP contribution is -2.43. The highest BCUT2D eigenvalue weighted by atomic mass is 32.2. The van der Waals surface area contributed by atoms with E-state index in [1.807, 2.05) is 0 Å². The van der Waals surface area contributed by atoms with Gasteiger partial charge >= 0.3 is 12.0 Å². The molecule has 0 aliphatic carbocycles. The van der Waals surface area contributed by atoms with Crippen molar-refractivity contribution in [3.63, 3.8) is 0 Å². The Morgan fingerprint density at radius 3 is 2.29 bits per heavy atom. The number of sulfonamides is 1. The number of fused-ring (bicyclic) bond motifs is 1. The van der Waals surface area contributed by atoms with Crippen molar-refractivity contribution in [1.29, 1.82) is 0 Å². The van der Waals surface area contributed by atoms with Crippen molar-refractivity contribution < 1.29 is 27.5 Å². The van der Waals surface area contributed by atoms with Gasteiger partial charge in [0.05, 0.1) is 18.7 Å². The van der Waals surface area contributed by atoms with E-state index in [-0.39, 0.29) is 41.6 Å². The lowest BCUT2D eigenvalue weighted by molar-refractivity contribution is -0.153. The summed E-state index contributed by atoms with van der Waals surface area (Å²) in [7, 11) is -4.24. The van der Waals surface area contributed by atoms with Gasteiger partial charge in [-0.1, -0.05) is 24.3 Å². The Hall–Kier alpha value is -4.25. The normalized spacial score (nSPS) is 14.3. The number of esters is 1. The first-order valence-corrected chi connectivity index (χ1v) is 13.3. The maximum absolute atomic E-state index is 13.4. The Kier molecular flexibility index (Phi) is 7.49. The number of urea groups is 1. The molecular weight excluding hydrogens is 508 g/mol. The minimum Gasteiger partial charge on any atom is -0.460 e. The van der Waals surface area contributed by atoms with Gasteiger partial charge in [0.1, 0.15) is 10.5 Å². The van der Waals surface area contributed by atoms with Crippen LogP contribution in [0.3, 0.4) is 0 Å². The van der Waals surface area contributed by atoms with Crippen molar-refractivity contribution in [2.75, 3.05) is 5.32 Å². The Labute approximate surface area is 221 Å². The van der Waals surface area contributed by atoms with Gasteiger partial charge in [-0.25, -0.2) is 17.5 Å². The number of nitrogens with one attached hydrogen (secondary N) is 2. The zero-order chi connectivity index (χ0) is 27.5. The van der Waals surface area contributed by atoms with Crippen molar-refractivity contribution in [3.05, 3.63) is 89.2 Å². The van der Waals surface area contributed by atoms with E-state index in [4.69, 9.17) is 4.74 Å². The lowest BCUT2D eigenvalue weighted by atomic mass is 10.1. The molecule has 0 fully saturated rings. The van der Waals surface area contributed by atoms with E-state index in [9.17, 15) is 22.8 Å². The monoisotopic (exact) mass is 536 g/mol. The quantitative estimate of drug-likeness (QED) is 0.440. The first-order valence-electron chi connectivity index (χ1n) is 11.9. The molecule has 3 aromatic rings. The van der Waals surface area contributed by atoms with Crippen LogP contribution in [0.15, 0.2) is 71.9 Å². The van der Waals surface area contributed by atoms with Gasteiger partial charge in [0.15, 0.2) is 0 Å². The molecule has 4 rings (SSSR count). The largest absolute Gasteiger partial charge is 0.460 e. The summed E-state index contributed by atoms with van der Waals surface area (Å²) in [5.41, 5.74) is 1.74. The van der Waals surface area contributed by atoms with Gasteiger partial charge in [-0.3, -0.25) is 14.6 Å². The van der Waals surface area contributed by atoms with E-state index in [0.29, 0.717) is 11.1 Å². The molecule has 1 aliphatic rings. The summed E-state index contributed by atoms with van der Waals surface area (Å²) in [4.78, 5) is 41.2. The van der Waals surface area contributed by atoms with Crippen LogP contribution < -0.4 is 10.6 Å². The molecular formula is C27H28N4O6S. The summed E-state index contributed by atoms with van der Waals surface area (Å²) < 4.78 is 32.8. The van der Waals surface area contributed by atoms with Crippen molar-refractivity contribution in [1.82, 2.24) is 14.6 Å². The summed E-state index contributed by atoms with van der Waals surface area (Å²) in [5.74, 6) is -0.829. The highest BCUT2D eigenvalue weighted by Crippen LogP contribution is 2.32. The van der Waals surface area contributed by atoms with Crippen LogP contribution in [0.1, 0.15) is 47.8 Å². The highest BCUT2D eigenvalue weighted by molar-refractivity contribution is 7.90. The lowest BCUT2D eigenvalue weighted by Gasteiger charge is -2.29. The van der Waals surface area contributed by atoms with Crippen LogP contribution in [0.25, 0.3) is 0 Å². The predicted molar refractivity (Wildman–Crippen MR) is 140 cm³/mol. The van der Waals surface area contributed by atoms with Crippen molar-refractivity contribution >= 4 is 33.6 Å². The summed E-state index contributed by atoms with van der Waals surface area (Å²) >= 11 is 0. The molecule has 0 saturated heterocycles. The molecule has 0 radical (unpaired) electrons. The minimum atomic E-state index is -4.24. The van der Waals surface area contributed by atoms with Crippen LogP contribution in [-0.2, 0) is 39.1 Å². The van der Waals surface area contributed by atoms with Crippen LogP contribution in [-0.4, -0.2) is 41.2 Å². The zero-order valence-corrected chi connectivity index (χ0v) is 22.0. The molecule has 2 aromatic carbocycles. The number of amides is 3. The van der Waals surface area contributed by atoms with Crippen LogP contribution in [0.5, 0.6) is 0 Å². The van der Waals surface area contributed by atoms with Crippen LogP contribution in [0.2, 0.25) is 0 Å². The number of nitrogens with zero attached hydrogens (tertiary/aromatic N) is 2. The van der Waals surface area contributed by atoms with E-state index in [1.165, 1.54) is 18.2 Å². The molecule has 2 heterocycles. The minimum absolute atomic E-state index is 0.0689. The molecule has 2 N–H and O–H groups in total. The van der Waals surface area contributed by atoms with Gasteiger partial charge in [-0.15, -0.1) is 0 Å². The number of carbonyl (C=O) groups excluding carboxylic acids is 3. The fourth-order valence-electron chi connectivity index (χ4n) is 3.80. The molecule has 0 bridgehead atoms. The molecule has 1 aromatic heterocycles. The zero-order valence-electron chi connectivity index (χ0n) is 21.2. The molecule has 10 nitrogen and oxygen atoms in total. The van der Waals surface area contributed by atoms with Crippen molar-refractivity contribution in [2.45, 2.75) is 50.8 Å². The van der Waals surface area contributed by atoms with Gasteiger partial charge in [0.2, 0.25) is 0 Å². The smallest absolute Gasteiger partial charge is 0.336 e. The summed E-state index contributed by atoms with van der Waals surface area (Å²) in [6, 6.07) is 13.5. The van der Waals surface area contributed by atoms with E-state index >= 15 is 0 Å². The number of aromatic nitrogens is 1. The Morgan fingerprint density at radius 2 is 1.63 bits per heavy atom. The van der Waals surface area contributed by atoms with Gasteiger partial charge in [-0.2, -0.15) is 0 Å². The third kappa shape index (κ3) is 6.35. The highest BCUT2D eigenvalue weighted by Gasteiger charge is 2.37. The summed E-state index contributed by atoms with van der Waals surface area (Å²) in [5, 5.41) is 5.32. The number of carbonyl (C=O) groups is 3. The molecule has 198 valence electrons. The second-order valence-electron chi connectivity index (χ2n) is 9.77. The maximum Gasteiger partial charge on any atom is 0.336 e. The topological polar surface area (TPSA) is 135 Å². The fourth-order valence-corrected chi connectivity index (χ4v) is 5.29. The molecule has 38 heavy (non-hydrogen) atoms. The molecule has 3 amide bonds. The third-order valence-electron chi connectivity index (χ3n) is 5.60. The number of hydrogen-bond acceptors (Lipinski definition) is 7. The first kappa shape index (κ1) is 26.8. The maximum atomic E-state index is 13.4. The summed E-state index contributed by atoms with van der Waals surface area (Å²) in [6.45, 7) is 5.38. The predicted octanol–water partition coefficient (Wildman–Crippen LogP) is 3.63. The molecule has 0 atom stereocenters. The van der Waals surface area contributed by atoms with E-state index in [1.54, 1.807) is 69.6 Å². The number of rotatable bonds is 7. The van der Waals surface area contributed by atoms with E-state index in [0.717, 1.165) is 9.87 Å². The summed E-state index contributed by atoms with van der Waals surface area (Å²) in [6.07, 6.45) is 3.29. The van der Waals surface area contributed by atoms with Crippen LogP contribution in [0, 0.1) is 0 Å². The first-order chi connectivity index (χ1) is 17.9. The van der Waals surface area contributed by atoms with E-state index in [2.05, 4.69) is 15.6 Å². The SMILES string of the molecule is CC(C)(C)OC(=O)Cc1ccc(CN2C(=O)Nc3ccc(C(=O)NCc4ccncc4)cc3S2(=O)=O)cc1. The van der Waals surface area contributed by atoms with Gasteiger partial charge in [0.25, 0.3) is 15.9 Å². The number of ether oxygens (including phenoxy) is 1. The average molecular weight is 537 g/mol. The second kappa shape index (κ2) is 10.6. The molecule has 11 heteroatoms. The Bertz CT molecular complexity index is 1470. The second-order valence-corrected chi connectivity index (χ2v) is 11.6. The van der Waals surface area contributed by atoms with Crippen molar-refractivity contribution in [3.8, 4) is 0 Å². The average Bonchev–Trinajstić information content (AvgIpc) is 2.85. The Morgan fingerprint density at radius 1 is 0.974 bits per heavy atom. The molecule has 1 aliphatic heterocycles. The van der Waals surface area contributed by atoms with Gasteiger partial charge in [-0.05, 0) is 67.8 Å². The molecule has 0 spiro atoms. The Balaban J connectivity index is 1.48. The standard InChI is InChI=1S/C27H28N4O6S/c1-27(2,3)37-24(32)14-18-4-6-20(7-5-18)17-31-26(34)30-22-9-8-21(15-23(22)38(31,35)36)25(33)29-16-19-10-12-28-13-11-19/h4-13,15H,14,16-17H2,1-3H3,(H,29,33)(H,30,34). The third-order valence-corrected chi connectivity index (χ3v) is 7.37. The van der Waals surface area contributed by atoms with Gasteiger partial charge in [0, 0.05) is 24.5 Å². The molecule has 0 unspecified atom stereocenters. The van der Waals surface area contributed by atoms with Crippen molar-refractivity contribution in [2.24, 2.45) is 0 Å². The number of anilines is 1. The number of pyridine rings is 1.